The Balaban J connectivity index is 1.59. The molecule has 2 N–H and O–H groups in total. The van der Waals surface area contributed by atoms with Gasteiger partial charge in [0.05, 0.1) is 8.95 Å². The highest BCUT2D eigenvalue weighted by molar-refractivity contribution is 9.11. The molecule has 156 valence electrons. The van der Waals surface area contributed by atoms with Crippen molar-refractivity contribution in [3.63, 3.8) is 0 Å². The molecule has 0 radical (unpaired) electrons. The lowest BCUT2D eigenvalue weighted by molar-refractivity contribution is -0.118. The van der Waals surface area contributed by atoms with E-state index in [1.807, 2.05) is 37.3 Å². The van der Waals surface area contributed by atoms with E-state index >= 15 is 0 Å². The van der Waals surface area contributed by atoms with Crippen LogP contribution in [0.25, 0.3) is 0 Å². The van der Waals surface area contributed by atoms with E-state index in [9.17, 15) is 4.79 Å². The summed E-state index contributed by atoms with van der Waals surface area (Å²) in [6.07, 6.45) is 0. The number of anilines is 2. The van der Waals surface area contributed by atoms with Crippen LogP contribution in [0.5, 0.6) is 5.75 Å². The molecule has 3 rings (SSSR count). The van der Waals surface area contributed by atoms with Crippen LogP contribution < -0.4 is 15.4 Å². The summed E-state index contributed by atoms with van der Waals surface area (Å²) in [6, 6.07) is 17.5. The minimum Gasteiger partial charge on any atom is -0.481 e. The second-order valence-corrected chi connectivity index (χ2v) is 9.03. The number of amides is 1. The third kappa shape index (κ3) is 6.24. The Morgan fingerprint density at radius 2 is 1.73 bits per heavy atom. The lowest BCUT2D eigenvalue weighted by atomic mass is 10.2. The highest BCUT2D eigenvalue weighted by Crippen LogP contribution is 2.35. The van der Waals surface area contributed by atoms with Crippen molar-refractivity contribution < 1.29 is 9.53 Å². The van der Waals surface area contributed by atoms with E-state index in [0.29, 0.717) is 23.0 Å². The Hall–Kier alpha value is -2.02. The van der Waals surface area contributed by atoms with E-state index < -0.39 is 0 Å². The van der Waals surface area contributed by atoms with Crippen molar-refractivity contribution in [2.75, 3.05) is 17.2 Å². The summed E-state index contributed by atoms with van der Waals surface area (Å²) in [6.45, 7) is 4.51. The zero-order valence-electron chi connectivity index (χ0n) is 16.6. The van der Waals surface area contributed by atoms with E-state index in [-0.39, 0.29) is 12.5 Å². The molecular weight excluding hydrogens is 532 g/mol. The zero-order chi connectivity index (χ0) is 21.7. The Morgan fingerprint density at radius 1 is 1.00 bits per heavy atom. The van der Waals surface area contributed by atoms with E-state index in [1.54, 1.807) is 12.1 Å². The Morgan fingerprint density at radius 3 is 2.40 bits per heavy atom. The molecule has 0 aliphatic carbocycles. The maximum absolute atomic E-state index is 12.2. The first-order valence-corrected chi connectivity index (χ1v) is 11.3. The van der Waals surface area contributed by atoms with Crippen LogP contribution >= 0.6 is 43.5 Å². The summed E-state index contributed by atoms with van der Waals surface area (Å²) in [5.74, 6) is 0.310. The van der Waals surface area contributed by atoms with Crippen molar-refractivity contribution in [3.05, 3.63) is 85.3 Å². The predicted octanol–water partition coefficient (Wildman–Crippen LogP) is 7.11. The van der Waals surface area contributed by atoms with Crippen molar-refractivity contribution in [2.45, 2.75) is 20.4 Å². The SMILES string of the molecule is Cc1cccc(NCc2cc(Br)c(OCC(=O)Nc3ccc(C)c(Cl)c3)c(Br)c2)c1. The molecule has 0 spiro atoms. The van der Waals surface area contributed by atoms with Crippen molar-refractivity contribution in [1.29, 1.82) is 0 Å². The first-order chi connectivity index (χ1) is 14.3. The third-order valence-corrected chi connectivity index (χ3v) is 5.96. The Labute approximate surface area is 198 Å². The largest absolute Gasteiger partial charge is 0.481 e. The van der Waals surface area contributed by atoms with Gasteiger partial charge in [-0.3, -0.25) is 4.79 Å². The summed E-state index contributed by atoms with van der Waals surface area (Å²) in [7, 11) is 0. The van der Waals surface area contributed by atoms with Gasteiger partial charge in [-0.15, -0.1) is 0 Å². The summed E-state index contributed by atoms with van der Waals surface area (Å²) >= 11 is 13.2. The number of hydrogen-bond donors (Lipinski definition) is 2. The molecule has 3 aromatic carbocycles. The average Bonchev–Trinajstić information content (AvgIpc) is 2.68. The fraction of sp³-hybridized carbons (Fsp3) is 0.174. The molecule has 0 atom stereocenters. The van der Waals surface area contributed by atoms with Gasteiger partial charge in [0, 0.05) is 22.9 Å². The lowest BCUT2D eigenvalue weighted by Gasteiger charge is -2.14. The minimum atomic E-state index is -0.265. The molecule has 0 unspecified atom stereocenters. The number of hydrogen-bond acceptors (Lipinski definition) is 3. The zero-order valence-corrected chi connectivity index (χ0v) is 20.5. The highest BCUT2D eigenvalue weighted by atomic mass is 79.9. The quantitative estimate of drug-likeness (QED) is 0.328. The van der Waals surface area contributed by atoms with Crippen molar-refractivity contribution in [3.8, 4) is 5.75 Å². The van der Waals surface area contributed by atoms with Gasteiger partial charge >= 0.3 is 0 Å². The summed E-state index contributed by atoms with van der Waals surface area (Å²) < 4.78 is 7.27. The van der Waals surface area contributed by atoms with E-state index in [0.717, 1.165) is 25.8 Å². The number of aryl methyl sites for hydroxylation is 2. The van der Waals surface area contributed by atoms with Gasteiger partial charge in [0.1, 0.15) is 5.75 Å². The maximum Gasteiger partial charge on any atom is 0.262 e. The number of rotatable bonds is 7. The summed E-state index contributed by atoms with van der Waals surface area (Å²) in [5, 5.41) is 6.79. The lowest BCUT2D eigenvalue weighted by Crippen LogP contribution is -2.20. The van der Waals surface area contributed by atoms with Crippen molar-refractivity contribution in [2.24, 2.45) is 0 Å². The Kier molecular flexibility index (Phi) is 7.81. The van der Waals surface area contributed by atoms with Crippen LogP contribution in [-0.2, 0) is 11.3 Å². The van der Waals surface area contributed by atoms with Crippen LogP contribution in [0.4, 0.5) is 11.4 Å². The van der Waals surface area contributed by atoms with Gasteiger partial charge < -0.3 is 15.4 Å². The van der Waals surface area contributed by atoms with E-state index in [4.69, 9.17) is 16.3 Å². The molecule has 7 heteroatoms. The van der Waals surface area contributed by atoms with Gasteiger partial charge in [0.15, 0.2) is 6.61 Å². The van der Waals surface area contributed by atoms with E-state index in [2.05, 4.69) is 61.5 Å². The van der Waals surface area contributed by atoms with Crippen molar-refractivity contribution >= 4 is 60.7 Å². The molecule has 0 bridgehead atoms. The fourth-order valence-electron chi connectivity index (χ4n) is 2.82. The second kappa shape index (κ2) is 10.3. The molecule has 0 aliphatic rings. The summed E-state index contributed by atoms with van der Waals surface area (Å²) in [5.41, 5.74) is 4.93. The number of halogens is 3. The van der Waals surface area contributed by atoms with Crippen LogP contribution in [0.3, 0.4) is 0 Å². The highest BCUT2D eigenvalue weighted by Gasteiger charge is 2.12. The number of nitrogens with one attached hydrogen (secondary N) is 2. The summed E-state index contributed by atoms with van der Waals surface area (Å²) in [4.78, 5) is 12.2. The van der Waals surface area contributed by atoms with Gasteiger partial charge in [-0.1, -0.05) is 29.8 Å². The topological polar surface area (TPSA) is 50.4 Å². The van der Waals surface area contributed by atoms with Gasteiger partial charge in [0.2, 0.25) is 0 Å². The van der Waals surface area contributed by atoms with Crippen LogP contribution in [0.2, 0.25) is 5.02 Å². The van der Waals surface area contributed by atoms with Gasteiger partial charge in [-0.2, -0.15) is 0 Å². The van der Waals surface area contributed by atoms with Gasteiger partial charge in [-0.05, 0) is 98.8 Å². The number of ether oxygens (including phenoxy) is 1. The fourth-order valence-corrected chi connectivity index (χ4v) is 4.51. The first-order valence-electron chi connectivity index (χ1n) is 9.29. The molecule has 0 saturated carbocycles. The number of benzene rings is 3. The smallest absolute Gasteiger partial charge is 0.262 e. The Bertz CT molecular complexity index is 1050. The monoisotopic (exact) mass is 550 g/mol. The molecule has 0 heterocycles. The van der Waals surface area contributed by atoms with Crippen molar-refractivity contribution in [1.82, 2.24) is 0 Å². The van der Waals surface area contributed by atoms with E-state index in [1.165, 1.54) is 5.56 Å². The standard InChI is InChI=1S/C23H21Br2ClN2O2/c1-14-4-3-5-17(8-14)27-12-16-9-19(24)23(20(25)10-16)30-13-22(29)28-18-7-6-15(2)21(26)11-18/h3-11,27H,12-13H2,1-2H3,(H,28,29). The minimum absolute atomic E-state index is 0.121. The van der Waals surface area contributed by atoms with Crippen LogP contribution in [0.15, 0.2) is 63.5 Å². The van der Waals surface area contributed by atoms with Gasteiger partial charge in [-0.25, -0.2) is 0 Å². The molecule has 0 saturated heterocycles. The molecule has 1 amide bonds. The average molecular weight is 553 g/mol. The van der Waals surface area contributed by atoms with Crippen LogP contribution in [0, 0.1) is 13.8 Å². The van der Waals surface area contributed by atoms with Gasteiger partial charge in [0.25, 0.3) is 5.91 Å². The van der Waals surface area contributed by atoms with Crippen LogP contribution in [-0.4, -0.2) is 12.5 Å². The van der Waals surface area contributed by atoms with Crippen LogP contribution in [0.1, 0.15) is 16.7 Å². The molecule has 4 nitrogen and oxygen atoms in total. The number of carbonyl (C=O) groups is 1. The normalized spacial score (nSPS) is 10.6. The number of carbonyl (C=O) groups excluding carboxylic acids is 1. The predicted molar refractivity (Wildman–Crippen MR) is 131 cm³/mol. The molecule has 0 aromatic heterocycles. The molecular formula is C23H21Br2ClN2O2. The first kappa shape index (κ1) is 22.7. The molecule has 0 fully saturated rings. The molecule has 3 aromatic rings. The second-order valence-electron chi connectivity index (χ2n) is 6.91. The molecule has 30 heavy (non-hydrogen) atoms. The third-order valence-electron chi connectivity index (χ3n) is 4.38. The maximum atomic E-state index is 12.2. The molecule has 0 aliphatic heterocycles.